The number of fused-ring (bicyclic) bond motifs is 6. The van der Waals surface area contributed by atoms with Crippen LogP contribution in [0.25, 0.3) is 22.5 Å². The van der Waals surface area contributed by atoms with E-state index in [1.165, 1.54) is 0 Å². The predicted molar refractivity (Wildman–Crippen MR) is 168 cm³/mol. The van der Waals surface area contributed by atoms with Gasteiger partial charge in [-0.15, -0.1) is 0 Å². The number of aromatic amines is 2. The molecule has 0 atom stereocenters. The van der Waals surface area contributed by atoms with Crippen LogP contribution in [0.5, 0.6) is 0 Å². The van der Waals surface area contributed by atoms with Crippen molar-refractivity contribution in [2.75, 3.05) is 12.5 Å². The second-order valence-electron chi connectivity index (χ2n) is 10.9. The molecule has 6 rings (SSSR count). The molecule has 0 bridgehead atoms. The highest BCUT2D eigenvalue weighted by Gasteiger charge is 2.34. The van der Waals surface area contributed by atoms with Crippen LogP contribution in [0.4, 0.5) is 0 Å². The molecule has 0 radical (unpaired) electrons. The summed E-state index contributed by atoms with van der Waals surface area (Å²) < 4.78 is 51.7. The lowest BCUT2D eigenvalue weighted by atomic mass is 9.90. The molecule has 14 nitrogen and oxygen atoms in total. The topological polar surface area (TPSA) is 234 Å². The molecular formula is C30H32N4O10S2. The molecule has 0 fully saturated rings. The summed E-state index contributed by atoms with van der Waals surface area (Å²) in [5, 5.41) is 0. The van der Waals surface area contributed by atoms with Crippen LogP contribution in [-0.4, -0.2) is 81.5 Å². The predicted octanol–water partition coefficient (Wildman–Crippen LogP) is 4.17. The summed E-state index contributed by atoms with van der Waals surface area (Å²) in [5.41, 5.74) is 4.19. The zero-order chi connectivity index (χ0) is 34.7. The molecule has 4 aromatic rings. The largest absolute Gasteiger partial charge is 0.338 e. The van der Waals surface area contributed by atoms with Crippen molar-refractivity contribution in [1.29, 1.82) is 0 Å². The Morgan fingerprint density at radius 3 is 1.07 bits per heavy atom. The number of hydrogen-bond donors (Lipinski definition) is 4. The highest BCUT2D eigenvalue weighted by molar-refractivity contribution is 7.85. The number of carbonyl (C=O) groups is 4. The summed E-state index contributed by atoms with van der Waals surface area (Å²) >= 11 is 0. The van der Waals surface area contributed by atoms with Gasteiger partial charge in [0.2, 0.25) is 11.6 Å². The minimum absolute atomic E-state index is 0.186. The first-order chi connectivity index (χ1) is 21.2. The van der Waals surface area contributed by atoms with Crippen LogP contribution >= 0.6 is 0 Å². The Bertz CT molecular complexity index is 1890. The fourth-order valence-electron chi connectivity index (χ4n) is 4.30. The zero-order valence-corrected chi connectivity index (χ0v) is 27.3. The van der Waals surface area contributed by atoms with Gasteiger partial charge in [-0.25, -0.2) is 9.97 Å². The van der Waals surface area contributed by atoms with Crippen molar-refractivity contribution in [1.82, 2.24) is 19.9 Å². The minimum atomic E-state index is -3.67. The van der Waals surface area contributed by atoms with Crippen molar-refractivity contribution in [2.45, 2.75) is 39.5 Å². The smallest absolute Gasteiger partial charge is 0.261 e. The van der Waals surface area contributed by atoms with E-state index < -0.39 is 43.4 Å². The summed E-state index contributed by atoms with van der Waals surface area (Å²) in [5.74, 6) is -0.0765. The number of ketones is 4. The summed E-state index contributed by atoms with van der Waals surface area (Å²) in [6.07, 6.45) is 1.43. The Morgan fingerprint density at radius 2 is 0.804 bits per heavy atom. The van der Waals surface area contributed by atoms with Gasteiger partial charge in [0.05, 0.1) is 12.5 Å². The van der Waals surface area contributed by atoms with Crippen LogP contribution < -0.4 is 0 Å². The zero-order valence-electron chi connectivity index (χ0n) is 25.6. The molecule has 0 aliphatic heterocycles. The van der Waals surface area contributed by atoms with Crippen molar-refractivity contribution >= 4 is 43.4 Å². The first-order valence-corrected chi connectivity index (χ1v) is 17.3. The second kappa shape index (κ2) is 13.8. The van der Waals surface area contributed by atoms with E-state index >= 15 is 0 Å². The lowest BCUT2D eigenvalue weighted by Gasteiger charge is -2.11. The molecule has 244 valence electrons. The summed E-state index contributed by atoms with van der Waals surface area (Å²) in [4.78, 5) is 62.8. The van der Waals surface area contributed by atoms with E-state index in [9.17, 15) is 36.0 Å². The number of nitrogens with zero attached hydrogens (tertiary/aromatic N) is 2. The van der Waals surface area contributed by atoms with Crippen LogP contribution in [0, 0.1) is 0 Å². The van der Waals surface area contributed by atoms with Gasteiger partial charge in [-0.05, 0) is 0 Å². The average Bonchev–Trinajstić information content (AvgIpc) is 3.60. The van der Waals surface area contributed by atoms with E-state index in [2.05, 4.69) is 19.9 Å². The van der Waals surface area contributed by atoms with Gasteiger partial charge in [-0.3, -0.25) is 28.3 Å². The molecule has 2 heterocycles. The number of imidazole rings is 2. The summed E-state index contributed by atoms with van der Waals surface area (Å²) in [7, 11) is -7.33. The van der Waals surface area contributed by atoms with E-state index in [0.29, 0.717) is 46.4 Å². The molecule has 2 aliphatic rings. The number of hydrogen-bond acceptors (Lipinski definition) is 10. The van der Waals surface area contributed by atoms with Gasteiger partial charge >= 0.3 is 0 Å². The highest BCUT2D eigenvalue weighted by atomic mass is 32.2. The average molecular weight is 673 g/mol. The fraction of sp³-hybridized carbons (Fsp3) is 0.267. The van der Waals surface area contributed by atoms with E-state index in [-0.39, 0.29) is 11.8 Å². The van der Waals surface area contributed by atoms with Gasteiger partial charge in [-0.2, -0.15) is 16.8 Å². The van der Waals surface area contributed by atoms with Crippen LogP contribution in [0.1, 0.15) is 92.9 Å². The highest BCUT2D eigenvalue weighted by Crippen LogP contribution is 2.34. The maximum atomic E-state index is 12.0. The van der Waals surface area contributed by atoms with Gasteiger partial charge in [0.1, 0.15) is 34.4 Å². The molecule has 2 aromatic heterocycles. The van der Waals surface area contributed by atoms with Crippen molar-refractivity contribution in [3.63, 3.8) is 0 Å². The lowest BCUT2D eigenvalue weighted by Crippen LogP contribution is -2.21. The minimum Gasteiger partial charge on any atom is -0.338 e. The Morgan fingerprint density at radius 1 is 0.543 bits per heavy atom. The Kier molecular flexibility index (Phi) is 10.7. The Labute approximate surface area is 265 Å². The first-order valence-electron chi connectivity index (χ1n) is 13.6. The van der Waals surface area contributed by atoms with Gasteiger partial charge in [0.15, 0.2) is 0 Å². The second-order valence-corrected chi connectivity index (χ2v) is 13.8. The molecule has 0 spiro atoms. The van der Waals surface area contributed by atoms with Crippen LogP contribution in [-0.2, 0) is 20.2 Å². The molecule has 46 heavy (non-hydrogen) atoms. The molecule has 0 saturated heterocycles. The number of carbonyl (C=O) groups excluding carboxylic acids is 4. The van der Waals surface area contributed by atoms with Crippen molar-refractivity contribution in [3.8, 4) is 22.5 Å². The quantitative estimate of drug-likeness (QED) is 0.173. The Balaban J connectivity index is 0.000000195. The monoisotopic (exact) mass is 672 g/mol. The molecule has 16 heteroatoms. The van der Waals surface area contributed by atoms with Crippen molar-refractivity contribution in [3.05, 3.63) is 82.7 Å². The molecule has 0 amide bonds. The van der Waals surface area contributed by atoms with Crippen LogP contribution in [0.3, 0.4) is 0 Å². The van der Waals surface area contributed by atoms with Crippen molar-refractivity contribution in [2.24, 2.45) is 0 Å². The molecule has 0 unspecified atom stereocenters. The van der Waals surface area contributed by atoms with Crippen LogP contribution in [0.2, 0.25) is 0 Å². The standard InChI is InChI=1S/2C14H12N2O2.2CH4O3S/c2*1-7(2)14-15-10-8-5-3-4-6-9(8)12(17)13(18)11(10)16-14;2*1-5(2,3)4/h2*3-7H,1-2H3,(H,15,16);2*1H3,(H,2,3,4). The Hall–Kier alpha value is -4.64. The maximum absolute atomic E-state index is 12.0. The lowest BCUT2D eigenvalue weighted by molar-refractivity contribution is 0.0812. The van der Waals surface area contributed by atoms with Gasteiger partial charge in [0.25, 0.3) is 31.8 Å². The number of aromatic nitrogens is 4. The van der Waals surface area contributed by atoms with Gasteiger partial charge in [0, 0.05) is 34.1 Å². The third kappa shape index (κ3) is 8.75. The maximum Gasteiger partial charge on any atom is 0.261 e. The number of benzene rings is 2. The summed E-state index contributed by atoms with van der Waals surface area (Å²) in [6, 6.07) is 14.2. The molecule has 2 aliphatic carbocycles. The number of nitrogens with one attached hydrogen (secondary N) is 2. The summed E-state index contributed by atoms with van der Waals surface area (Å²) in [6.45, 7) is 7.95. The van der Waals surface area contributed by atoms with E-state index in [4.69, 9.17) is 9.11 Å². The van der Waals surface area contributed by atoms with Gasteiger partial charge in [-0.1, -0.05) is 76.2 Å². The molecule has 4 N–H and O–H groups in total. The number of rotatable bonds is 2. The van der Waals surface area contributed by atoms with Crippen molar-refractivity contribution < 1.29 is 45.1 Å². The normalized spacial score (nSPS) is 13.3. The molecular weight excluding hydrogens is 640 g/mol. The van der Waals surface area contributed by atoms with Gasteiger partial charge < -0.3 is 9.97 Å². The van der Waals surface area contributed by atoms with E-state index in [1.54, 1.807) is 24.3 Å². The van der Waals surface area contributed by atoms with E-state index in [1.807, 2.05) is 52.0 Å². The molecule has 0 saturated carbocycles. The number of H-pyrrole nitrogens is 2. The van der Waals surface area contributed by atoms with E-state index in [0.717, 1.165) is 22.8 Å². The third-order valence-electron chi connectivity index (χ3n) is 6.26. The molecule has 2 aromatic carbocycles. The fourth-order valence-corrected chi connectivity index (χ4v) is 4.30. The third-order valence-corrected chi connectivity index (χ3v) is 6.26. The first kappa shape index (κ1) is 35.8. The SMILES string of the molecule is CC(C)c1nc2c([nH]1)C(=O)C(=O)c1ccccc1-2.CC(C)c1nc2c([nH]1)C(=O)C(=O)c1ccccc1-2.CS(=O)(=O)O.CS(=O)(=O)O. The number of Topliss-reactive ketones (excluding diaryl/α,β-unsaturated/α-hetero) is 4. The van der Waals surface area contributed by atoms with Crippen LogP contribution in [0.15, 0.2) is 48.5 Å².